The molecule has 9 heteroatoms. The molecule has 2 saturated heterocycles. The Balaban J connectivity index is 1.55. The van der Waals surface area contributed by atoms with E-state index < -0.39 is 21.0 Å². The zero-order valence-electron chi connectivity index (χ0n) is 16.0. The van der Waals surface area contributed by atoms with Gasteiger partial charge in [-0.15, -0.1) is 0 Å². The Bertz CT molecular complexity index is 970. The highest BCUT2D eigenvalue weighted by molar-refractivity contribution is 8.18. The number of thioether (sulfide) groups is 1. The lowest BCUT2D eigenvalue weighted by atomic mass is 10.2. The Labute approximate surface area is 174 Å². The van der Waals surface area contributed by atoms with Crippen LogP contribution in [0.25, 0.3) is 6.08 Å². The van der Waals surface area contributed by atoms with Gasteiger partial charge >= 0.3 is 0 Å². The molecule has 2 aliphatic heterocycles. The highest BCUT2D eigenvalue weighted by Crippen LogP contribution is 2.31. The molecule has 2 fully saturated rings. The van der Waals surface area contributed by atoms with E-state index in [0.717, 1.165) is 22.2 Å². The van der Waals surface area contributed by atoms with Crippen molar-refractivity contribution in [2.45, 2.75) is 18.9 Å². The van der Waals surface area contributed by atoms with Gasteiger partial charge < -0.3 is 4.90 Å². The molecule has 2 heterocycles. The molecule has 0 spiro atoms. The van der Waals surface area contributed by atoms with Gasteiger partial charge in [-0.1, -0.05) is 42.5 Å². The van der Waals surface area contributed by atoms with Crippen LogP contribution >= 0.6 is 11.8 Å². The van der Waals surface area contributed by atoms with Gasteiger partial charge in [0.05, 0.1) is 16.4 Å². The minimum absolute atomic E-state index is 0.0208. The fraction of sp³-hybridized carbons (Fsp3) is 0.350. The van der Waals surface area contributed by atoms with E-state index in [1.807, 2.05) is 36.4 Å². The number of hydrogen-bond donors (Lipinski definition) is 0. The van der Waals surface area contributed by atoms with Crippen LogP contribution in [0, 0.1) is 0 Å². The van der Waals surface area contributed by atoms with Crippen LogP contribution in [0.4, 0.5) is 4.79 Å². The third-order valence-corrected chi connectivity index (χ3v) is 7.58. The topological polar surface area (TPSA) is 91.8 Å². The van der Waals surface area contributed by atoms with Crippen LogP contribution in [0.3, 0.4) is 0 Å². The summed E-state index contributed by atoms with van der Waals surface area (Å²) in [5, 5.41) is -0.409. The molecule has 1 atom stereocenters. The Morgan fingerprint density at radius 3 is 2.66 bits per heavy atom. The van der Waals surface area contributed by atoms with Crippen LogP contribution in [-0.4, -0.2) is 66.4 Å². The van der Waals surface area contributed by atoms with Crippen molar-refractivity contribution in [1.29, 1.82) is 0 Å². The standard InChI is InChI=1S/C20H22N2O5S2/c1-21(16-11-13-29(26,27)14-16)18(23)10-12-22-19(24)17(28-20(22)25)9-5-8-15-6-3-2-4-7-15/h2-9,16H,10-14H2,1H3/b8-5+,17-9-/t16-/m1/s1. The number of allylic oxidation sites excluding steroid dienone is 2. The van der Waals surface area contributed by atoms with E-state index in [-0.39, 0.29) is 36.4 Å². The number of benzene rings is 1. The van der Waals surface area contributed by atoms with Gasteiger partial charge in [0, 0.05) is 26.1 Å². The maximum absolute atomic E-state index is 12.5. The first-order valence-electron chi connectivity index (χ1n) is 9.20. The van der Waals surface area contributed by atoms with Crippen LogP contribution in [0.5, 0.6) is 0 Å². The van der Waals surface area contributed by atoms with E-state index >= 15 is 0 Å². The van der Waals surface area contributed by atoms with Crippen molar-refractivity contribution in [3.63, 3.8) is 0 Å². The van der Waals surface area contributed by atoms with E-state index in [1.54, 1.807) is 19.2 Å². The normalized spacial score (nSPS) is 22.7. The van der Waals surface area contributed by atoms with Crippen molar-refractivity contribution in [1.82, 2.24) is 9.80 Å². The fourth-order valence-corrected chi connectivity index (χ4v) is 5.78. The zero-order valence-corrected chi connectivity index (χ0v) is 17.6. The van der Waals surface area contributed by atoms with Gasteiger partial charge in [-0.25, -0.2) is 8.42 Å². The summed E-state index contributed by atoms with van der Waals surface area (Å²) in [6.07, 6.45) is 5.53. The fourth-order valence-electron chi connectivity index (χ4n) is 3.19. The summed E-state index contributed by atoms with van der Waals surface area (Å²) in [6, 6.07) is 9.23. The molecule has 0 saturated carbocycles. The Morgan fingerprint density at radius 1 is 1.28 bits per heavy atom. The Hall–Kier alpha value is -2.39. The molecule has 0 N–H and O–H groups in total. The molecule has 2 aliphatic rings. The van der Waals surface area contributed by atoms with Gasteiger partial charge in [0.1, 0.15) is 0 Å². The summed E-state index contributed by atoms with van der Waals surface area (Å²) >= 11 is 0.845. The number of sulfone groups is 1. The second kappa shape index (κ2) is 8.96. The highest BCUT2D eigenvalue weighted by Gasteiger charge is 2.36. The SMILES string of the molecule is CN(C(=O)CCN1C(=O)S/C(=C\C=C\c2ccccc2)C1=O)[C@@H]1CCS(=O)(=O)C1. The maximum Gasteiger partial charge on any atom is 0.293 e. The number of carbonyl (C=O) groups is 3. The van der Waals surface area contributed by atoms with E-state index in [4.69, 9.17) is 0 Å². The molecule has 0 unspecified atom stereocenters. The van der Waals surface area contributed by atoms with Gasteiger partial charge in [-0.05, 0) is 29.8 Å². The van der Waals surface area contributed by atoms with Crippen LogP contribution < -0.4 is 0 Å². The molecule has 154 valence electrons. The monoisotopic (exact) mass is 434 g/mol. The molecular weight excluding hydrogens is 412 g/mol. The molecule has 0 aliphatic carbocycles. The van der Waals surface area contributed by atoms with Gasteiger partial charge in [-0.2, -0.15) is 0 Å². The highest BCUT2D eigenvalue weighted by atomic mass is 32.2. The largest absolute Gasteiger partial charge is 0.342 e. The van der Waals surface area contributed by atoms with Crippen molar-refractivity contribution >= 4 is 44.7 Å². The second-order valence-electron chi connectivity index (χ2n) is 6.94. The molecule has 29 heavy (non-hydrogen) atoms. The van der Waals surface area contributed by atoms with Crippen LogP contribution in [0.2, 0.25) is 0 Å². The first kappa shape index (κ1) is 21.3. The van der Waals surface area contributed by atoms with Crippen LogP contribution in [0.15, 0.2) is 47.4 Å². The molecule has 1 aromatic carbocycles. The van der Waals surface area contributed by atoms with Crippen molar-refractivity contribution in [3.05, 3.63) is 53.0 Å². The number of hydrogen-bond acceptors (Lipinski definition) is 6. The van der Waals surface area contributed by atoms with E-state index in [9.17, 15) is 22.8 Å². The van der Waals surface area contributed by atoms with E-state index in [1.165, 1.54) is 4.90 Å². The molecule has 3 amide bonds. The summed E-state index contributed by atoms with van der Waals surface area (Å²) in [7, 11) is -1.52. The molecule has 0 bridgehead atoms. The first-order valence-corrected chi connectivity index (χ1v) is 11.8. The van der Waals surface area contributed by atoms with Crippen LogP contribution in [-0.2, 0) is 19.4 Å². The Morgan fingerprint density at radius 2 is 2.00 bits per heavy atom. The van der Waals surface area contributed by atoms with E-state index in [0.29, 0.717) is 11.3 Å². The quantitative estimate of drug-likeness (QED) is 0.638. The molecule has 0 aromatic heterocycles. The van der Waals surface area contributed by atoms with Gasteiger partial charge in [-0.3, -0.25) is 19.3 Å². The van der Waals surface area contributed by atoms with Crippen molar-refractivity contribution in [2.24, 2.45) is 0 Å². The molecule has 0 radical (unpaired) electrons. The molecule has 7 nitrogen and oxygen atoms in total. The second-order valence-corrected chi connectivity index (χ2v) is 10.2. The number of nitrogens with zero attached hydrogens (tertiary/aromatic N) is 2. The summed E-state index contributed by atoms with van der Waals surface area (Å²) in [5.41, 5.74) is 0.977. The number of imide groups is 1. The van der Waals surface area contributed by atoms with E-state index in [2.05, 4.69) is 0 Å². The average Bonchev–Trinajstić information content (AvgIpc) is 3.19. The lowest BCUT2D eigenvalue weighted by Crippen LogP contribution is -2.40. The molecule has 3 rings (SSSR count). The minimum Gasteiger partial charge on any atom is -0.342 e. The molecule has 1 aromatic rings. The van der Waals surface area contributed by atoms with Gasteiger partial charge in [0.25, 0.3) is 11.1 Å². The maximum atomic E-state index is 12.5. The summed E-state index contributed by atoms with van der Waals surface area (Å²) in [6.45, 7) is -0.0208. The smallest absolute Gasteiger partial charge is 0.293 e. The van der Waals surface area contributed by atoms with Crippen molar-refractivity contribution in [3.8, 4) is 0 Å². The number of rotatable bonds is 6. The average molecular weight is 435 g/mol. The minimum atomic E-state index is -3.09. The lowest BCUT2D eigenvalue weighted by molar-refractivity contribution is -0.132. The molecular formula is C20H22N2O5S2. The van der Waals surface area contributed by atoms with Gasteiger partial charge in [0.2, 0.25) is 5.91 Å². The third-order valence-electron chi connectivity index (χ3n) is 4.91. The lowest BCUT2D eigenvalue weighted by Gasteiger charge is -2.24. The van der Waals surface area contributed by atoms with Crippen LogP contribution in [0.1, 0.15) is 18.4 Å². The summed E-state index contributed by atoms with van der Waals surface area (Å²) in [5.74, 6) is -0.650. The third kappa shape index (κ3) is 5.36. The predicted molar refractivity (Wildman–Crippen MR) is 113 cm³/mol. The summed E-state index contributed by atoms with van der Waals surface area (Å²) in [4.78, 5) is 39.8. The zero-order chi connectivity index (χ0) is 21.0. The Kier molecular flexibility index (Phi) is 6.59. The predicted octanol–water partition coefficient (Wildman–Crippen LogP) is 2.31. The number of carbonyl (C=O) groups excluding carboxylic acids is 3. The van der Waals surface area contributed by atoms with Crippen molar-refractivity contribution in [2.75, 3.05) is 25.1 Å². The first-order chi connectivity index (χ1) is 13.8. The summed E-state index contributed by atoms with van der Waals surface area (Å²) < 4.78 is 23.2. The van der Waals surface area contributed by atoms with Crippen molar-refractivity contribution < 1.29 is 22.8 Å². The van der Waals surface area contributed by atoms with Gasteiger partial charge in [0.15, 0.2) is 9.84 Å². The number of amides is 3.